The molecule has 0 amide bonds. The third kappa shape index (κ3) is 3.19. The first-order chi connectivity index (χ1) is 9.30. The molecule has 1 saturated heterocycles. The first-order valence-corrected chi connectivity index (χ1v) is 6.83. The largest absolute Gasteiger partial charge is 0.497 e. The molecule has 1 heterocycles. The van der Waals surface area contributed by atoms with E-state index in [1.54, 1.807) is 14.2 Å². The summed E-state index contributed by atoms with van der Waals surface area (Å²) in [6, 6.07) is 6.28. The Hall–Kier alpha value is -1.26. The van der Waals surface area contributed by atoms with Crippen LogP contribution < -0.4 is 14.8 Å². The fourth-order valence-corrected chi connectivity index (χ4v) is 2.64. The number of benzene rings is 1. The Morgan fingerprint density at radius 1 is 1.37 bits per heavy atom. The van der Waals surface area contributed by atoms with Crippen LogP contribution >= 0.6 is 0 Å². The first kappa shape index (κ1) is 14.2. The van der Waals surface area contributed by atoms with Crippen molar-refractivity contribution in [3.8, 4) is 11.5 Å². The first-order valence-electron chi connectivity index (χ1n) is 6.83. The van der Waals surface area contributed by atoms with Crippen molar-refractivity contribution in [1.29, 1.82) is 0 Å². The van der Waals surface area contributed by atoms with E-state index in [4.69, 9.17) is 14.2 Å². The van der Waals surface area contributed by atoms with E-state index >= 15 is 0 Å². The number of rotatable bonds is 6. The molecule has 2 rings (SSSR count). The van der Waals surface area contributed by atoms with E-state index in [0.29, 0.717) is 5.92 Å². The lowest BCUT2D eigenvalue weighted by atomic mass is 9.91. The van der Waals surface area contributed by atoms with Crippen LogP contribution in [0, 0.1) is 5.92 Å². The average molecular weight is 265 g/mol. The molecule has 0 radical (unpaired) electrons. The smallest absolute Gasteiger partial charge is 0.127 e. The summed E-state index contributed by atoms with van der Waals surface area (Å²) in [5.41, 5.74) is 1.18. The van der Waals surface area contributed by atoms with Gasteiger partial charge in [0, 0.05) is 30.2 Å². The van der Waals surface area contributed by atoms with Crippen LogP contribution in [0.15, 0.2) is 18.2 Å². The second-order valence-electron chi connectivity index (χ2n) is 4.77. The van der Waals surface area contributed by atoms with Crippen LogP contribution in [-0.2, 0) is 4.74 Å². The van der Waals surface area contributed by atoms with E-state index in [-0.39, 0.29) is 6.04 Å². The van der Waals surface area contributed by atoms with Gasteiger partial charge < -0.3 is 19.5 Å². The minimum absolute atomic E-state index is 0.272. The minimum atomic E-state index is 0.272. The molecule has 1 aromatic rings. The number of hydrogen-bond donors (Lipinski definition) is 1. The summed E-state index contributed by atoms with van der Waals surface area (Å²) in [6.45, 7) is 4.72. The van der Waals surface area contributed by atoms with Crippen LogP contribution in [0.2, 0.25) is 0 Å². The number of hydrogen-bond acceptors (Lipinski definition) is 4. The van der Waals surface area contributed by atoms with Crippen LogP contribution in [0.5, 0.6) is 11.5 Å². The van der Waals surface area contributed by atoms with E-state index in [1.165, 1.54) is 5.56 Å². The van der Waals surface area contributed by atoms with Crippen molar-refractivity contribution in [3.05, 3.63) is 23.8 Å². The summed E-state index contributed by atoms with van der Waals surface area (Å²) in [6.07, 6.45) is 1.09. The monoisotopic (exact) mass is 265 g/mol. The molecule has 4 nitrogen and oxygen atoms in total. The molecule has 0 bridgehead atoms. The van der Waals surface area contributed by atoms with Crippen LogP contribution in [-0.4, -0.2) is 34.0 Å². The third-order valence-electron chi connectivity index (χ3n) is 3.64. The van der Waals surface area contributed by atoms with Gasteiger partial charge in [0.2, 0.25) is 0 Å². The topological polar surface area (TPSA) is 39.7 Å². The zero-order valence-corrected chi connectivity index (χ0v) is 11.9. The van der Waals surface area contributed by atoms with E-state index in [9.17, 15) is 0 Å². The molecular formula is C15H23NO3. The van der Waals surface area contributed by atoms with Crippen LogP contribution in [0.4, 0.5) is 0 Å². The van der Waals surface area contributed by atoms with Gasteiger partial charge in [-0.15, -0.1) is 0 Å². The fraction of sp³-hybridized carbons (Fsp3) is 0.600. The van der Waals surface area contributed by atoms with Crippen molar-refractivity contribution in [2.45, 2.75) is 19.4 Å². The van der Waals surface area contributed by atoms with Gasteiger partial charge in [0.25, 0.3) is 0 Å². The van der Waals surface area contributed by atoms with Gasteiger partial charge in [-0.1, -0.05) is 13.0 Å². The SMILES string of the molecule is CCNC(c1ccc(OC)cc1OC)C1CCOC1. The zero-order valence-electron chi connectivity index (χ0n) is 11.9. The van der Waals surface area contributed by atoms with Crippen molar-refractivity contribution in [2.24, 2.45) is 5.92 Å². The highest BCUT2D eigenvalue weighted by molar-refractivity contribution is 5.42. The Labute approximate surface area is 115 Å². The van der Waals surface area contributed by atoms with Crippen molar-refractivity contribution in [2.75, 3.05) is 34.0 Å². The summed E-state index contributed by atoms with van der Waals surface area (Å²) in [5, 5.41) is 3.55. The van der Waals surface area contributed by atoms with Crippen LogP contribution in [0.3, 0.4) is 0 Å². The lowest BCUT2D eigenvalue weighted by Crippen LogP contribution is -2.29. The molecule has 19 heavy (non-hydrogen) atoms. The molecule has 4 heteroatoms. The zero-order chi connectivity index (χ0) is 13.7. The predicted molar refractivity (Wildman–Crippen MR) is 74.9 cm³/mol. The second kappa shape index (κ2) is 6.78. The summed E-state index contributed by atoms with van der Waals surface area (Å²) >= 11 is 0. The van der Waals surface area contributed by atoms with E-state index in [0.717, 1.165) is 37.7 Å². The molecule has 0 spiro atoms. The van der Waals surface area contributed by atoms with Crippen molar-refractivity contribution in [1.82, 2.24) is 5.32 Å². The lowest BCUT2D eigenvalue weighted by Gasteiger charge is -2.25. The van der Waals surface area contributed by atoms with Gasteiger partial charge in [0.1, 0.15) is 11.5 Å². The summed E-state index contributed by atoms with van der Waals surface area (Å²) in [4.78, 5) is 0. The van der Waals surface area contributed by atoms with Gasteiger partial charge in [0.05, 0.1) is 20.8 Å². The molecule has 106 valence electrons. The Balaban J connectivity index is 2.29. The maximum Gasteiger partial charge on any atom is 0.127 e. The quantitative estimate of drug-likeness (QED) is 0.857. The highest BCUT2D eigenvalue weighted by atomic mass is 16.5. The average Bonchev–Trinajstić information content (AvgIpc) is 2.98. The lowest BCUT2D eigenvalue weighted by molar-refractivity contribution is 0.176. The maximum absolute atomic E-state index is 5.52. The molecule has 1 aliphatic rings. The van der Waals surface area contributed by atoms with Gasteiger partial charge >= 0.3 is 0 Å². The molecule has 0 aromatic heterocycles. The summed E-state index contributed by atoms with van der Waals surface area (Å²) in [7, 11) is 3.37. The molecule has 1 fully saturated rings. The van der Waals surface area contributed by atoms with Crippen LogP contribution in [0.1, 0.15) is 24.9 Å². The molecule has 0 aliphatic carbocycles. The Morgan fingerprint density at radius 2 is 2.21 bits per heavy atom. The minimum Gasteiger partial charge on any atom is -0.497 e. The van der Waals surface area contributed by atoms with Crippen molar-refractivity contribution in [3.63, 3.8) is 0 Å². The van der Waals surface area contributed by atoms with Gasteiger partial charge in [-0.25, -0.2) is 0 Å². The van der Waals surface area contributed by atoms with Crippen LogP contribution in [0.25, 0.3) is 0 Å². The maximum atomic E-state index is 5.52. The van der Waals surface area contributed by atoms with Crippen molar-refractivity contribution < 1.29 is 14.2 Å². The molecule has 0 saturated carbocycles. The number of methoxy groups -OCH3 is 2. The fourth-order valence-electron chi connectivity index (χ4n) is 2.64. The van der Waals surface area contributed by atoms with E-state index in [1.807, 2.05) is 12.1 Å². The molecular weight excluding hydrogens is 242 g/mol. The van der Waals surface area contributed by atoms with Crippen molar-refractivity contribution >= 4 is 0 Å². The normalized spacial score (nSPS) is 20.3. The van der Waals surface area contributed by atoms with E-state index in [2.05, 4.69) is 18.3 Å². The predicted octanol–water partition coefficient (Wildman–Crippen LogP) is 2.39. The molecule has 2 unspecified atom stereocenters. The van der Waals surface area contributed by atoms with Gasteiger partial charge in [-0.3, -0.25) is 0 Å². The highest BCUT2D eigenvalue weighted by Gasteiger charge is 2.28. The third-order valence-corrected chi connectivity index (χ3v) is 3.64. The Bertz CT molecular complexity index is 402. The summed E-state index contributed by atoms with van der Waals surface area (Å²) < 4.78 is 16.3. The van der Waals surface area contributed by atoms with Gasteiger partial charge in [-0.2, -0.15) is 0 Å². The second-order valence-corrected chi connectivity index (χ2v) is 4.77. The molecule has 1 aliphatic heterocycles. The number of nitrogens with one attached hydrogen (secondary N) is 1. The van der Waals surface area contributed by atoms with Gasteiger partial charge in [-0.05, 0) is 19.0 Å². The van der Waals surface area contributed by atoms with Gasteiger partial charge in [0.15, 0.2) is 0 Å². The Kier molecular flexibility index (Phi) is 5.05. The molecule has 2 atom stereocenters. The van der Waals surface area contributed by atoms with E-state index < -0.39 is 0 Å². The molecule has 1 aromatic carbocycles. The number of ether oxygens (including phenoxy) is 3. The highest BCUT2D eigenvalue weighted by Crippen LogP contribution is 2.36. The Morgan fingerprint density at radius 3 is 2.79 bits per heavy atom. The standard InChI is InChI=1S/C15H23NO3/c1-4-16-15(11-7-8-19-10-11)13-6-5-12(17-2)9-14(13)18-3/h5-6,9,11,15-16H,4,7-8,10H2,1-3H3. The summed E-state index contributed by atoms with van der Waals surface area (Å²) in [5.74, 6) is 2.19. The molecule has 1 N–H and O–H groups in total.